The average molecular weight is 122 g/mol. The van der Waals surface area contributed by atoms with E-state index in [4.69, 9.17) is 5.11 Å². The molecule has 1 heteroatoms. The van der Waals surface area contributed by atoms with Crippen molar-refractivity contribution in [3.63, 3.8) is 0 Å². The van der Waals surface area contributed by atoms with E-state index in [9.17, 15) is 0 Å². The van der Waals surface area contributed by atoms with Gasteiger partial charge in [-0.25, -0.2) is 0 Å². The molecule has 0 aromatic heterocycles. The molecule has 0 spiro atoms. The largest absolute Gasteiger partial charge is 0.508 e. The minimum Gasteiger partial charge on any atom is -0.508 e. The molecule has 1 aliphatic carbocycles. The molecule has 0 aromatic carbocycles. The third-order valence-electron chi connectivity index (χ3n) is 1.37. The van der Waals surface area contributed by atoms with Crippen LogP contribution in [-0.2, 0) is 0 Å². The second-order valence-electron chi connectivity index (χ2n) is 2.31. The number of allylic oxidation sites excluding steroid dienone is 3. The van der Waals surface area contributed by atoms with Gasteiger partial charge in [-0.05, 0) is 19.4 Å². The highest BCUT2D eigenvalue weighted by molar-refractivity contribution is 5.39. The van der Waals surface area contributed by atoms with E-state index >= 15 is 0 Å². The summed E-state index contributed by atoms with van der Waals surface area (Å²) in [6.07, 6.45) is 4.53. The van der Waals surface area contributed by atoms with Gasteiger partial charge in [0.15, 0.2) is 0 Å². The van der Waals surface area contributed by atoms with Gasteiger partial charge in [0.2, 0.25) is 0 Å². The third kappa shape index (κ3) is 1.22. The van der Waals surface area contributed by atoms with Crippen molar-refractivity contribution in [2.45, 2.75) is 13.3 Å². The highest BCUT2D eigenvalue weighted by Crippen LogP contribution is 2.17. The van der Waals surface area contributed by atoms with Crippen LogP contribution >= 0.6 is 0 Å². The molecule has 48 valence electrons. The first kappa shape index (κ1) is 6.14. The van der Waals surface area contributed by atoms with Gasteiger partial charge in [-0.3, -0.25) is 0 Å². The number of hydrogen-bond acceptors (Lipinski definition) is 1. The van der Waals surface area contributed by atoms with E-state index < -0.39 is 0 Å². The molecule has 0 unspecified atom stereocenters. The molecule has 0 saturated heterocycles. The summed E-state index contributed by atoms with van der Waals surface area (Å²) in [6, 6.07) is 0. The van der Waals surface area contributed by atoms with Crippen LogP contribution < -0.4 is 0 Å². The molecule has 0 amide bonds. The van der Waals surface area contributed by atoms with E-state index in [1.54, 1.807) is 6.08 Å². The maximum atomic E-state index is 9.01. The zero-order valence-electron chi connectivity index (χ0n) is 5.52. The lowest BCUT2D eigenvalue weighted by molar-refractivity contribution is 0.423. The predicted molar refractivity (Wildman–Crippen MR) is 38.2 cm³/mol. The first-order valence-electron chi connectivity index (χ1n) is 2.95. The van der Waals surface area contributed by atoms with Gasteiger partial charge in [-0.2, -0.15) is 0 Å². The molecular weight excluding hydrogens is 112 g/mol. The summed E-state index contributed by atoms with van der Waals surface area (Å²) < 4.78 is 0. The Bertz CT molecular complexity index is 197. The van der Waals surface area contributed by atoms with E-state index in [0.29, 0.717) is 5.76 Å². The van der Waals surface area contributed by atoms with Crippen LogP contribution in [0.4, 0.5) is 0 Å². The van der Waals surface area contributed by atoms with Crippen molar-refractivity contribution in [1.82, 2.24) is 0 Å². The summed E-state index contributed by atoms with van der Waals surface area (Å²) in [6.45, 7) is 5.67. The van der Waals surface area contributed by atoms with Crippen LogP contribution in [0, 0.1) is 0 Å². The van der Waals surface area contributed by atoms with Crippen molar-refractivity contribution in [2.24, 2.45) is 0 Å². The lowest BCUT2D eigenvalue weighted by atomic mass is 10.0. The number of rotatable bonds is 0. The fraction of sp³-hybridized carbons (Fsp3) is 0.250. The summed E-state index contributed by atoms with van der Waals surface area (Å²) in [5.41, 5.74) is 1.97. The fourth-order valence-corrected chi connectivity index (χ4v) is 0.819. The Hall–Kier alpha value is -0.980. The molecule has 0 bridgehead atoms. The van der Waals surface area contributed by atoms with Crippen molar-refractivity contribution < 1.29 is 5.11 Å². The SMILES string of the molecule is C=C1C=C(C)CC=C1O. The Balaban J connectivity index is 2.82. The van der Waals surface area contributed by atoms with E-state index in [2.05, 4.69) is 6.58 Å². The topological polar surface area (TPSA) is 20.2 Å². The van der Waals surface area contributed by atoms with E-state index in [-0.39, 0.29) is 0 Å². The predicted octanol–water partition coefficient (Wildman–Crippen LogP) is 2.33. The van der Waals surface area contributed by atoms with Crippen molar-refractivity contribution >= 4 is 0 Å². The van der Waals surface area contributed by atoms with Gasteiger partial charge >= 0.3 is 0 Å². The molecule has 1 N–H and O–H groups in total. The first-order chi connectivity index (χ1) is 4.20. The Morgan fingerprint density at radius 3 is 2.78 bits per heavy atom. The molecular formula is C8H10O. The lowest BCUT2D eigenvalue weighted by Crippen LogP contribution is -1.91. The minimum absolute atomic E-state index is 0.320. The average Bonchev–Trinajstić information content (AvgIpc) is 1.80. The van der Waals surface area contributed by atoms with Gasteiger partial charge < -0.3 is 5.11 Å². The van der Waals surface area contributed by atoms with Crippen LogP contribution in [0.5, 0.6) is 0 Å². The molecule has 0 saturated carbocycles. The Morgan fingerprint density at radius 1 is 1.67 bits per heavy atom. The van der Waals surface area contributed by atoms with E-state index in [1.807, 2.05) is 13.0 Å². The zero-order valence-corrected chi connectivity index (χ0v) is 5.52. The van der Waals surface area contributed by atoms with Gasteiger partial charge in [0.1, 0.15) is 5.76 Å². The number of aliphatic hydroxyl groups is 1. The van der Waals surface area contributed by atoms with Crippen LogP contribution in [0.3, 0.4) is 0 Å². The van der Waals surface area contributed by atoms with E-state index in [1.165, 1.54) is 5.57 Å². The Kier molecular flexibility index (Phi) is 1.43. The molecule has 0 heterocycles. The van der Waals surface area contributed by atoms with Crippen LogP contribution in [0.2, 0.25) is 0 Å². The summed E-state index contributed by atoms with van der Waals surface area (Å²) >= 11 is 0. The smallest absolute Gasteiger partial charge is 0.118 e. The summed E-state index contributed by atoms with van der Waals surface area (Å²) in [4.78, 5) is 0. The number of aliphatic hydroxyl groups excluding tert-OH is 1. The molecule has 0 atom stereocenters. The zero-order chi connectivity index (χ0) is 6.85. The van der Waals surface area contributed by atoms with Gasteiger partial charge in [0, 0.05) is 5.57 Å². The van der Waals surface area contributed by atoms with Crippen LogP contribution in [0.15, 0.2) is 35.6 Å². The normalized spacial score (nSPS) is 19.0. The van der Waals surface area contributed by atoms with Gasteiger partial charge in [-0.15, -0.1) is 0 Å². The standard InChI is InChI=1S/C8H10O/c1-6-3-4-8(9)7(2)5-6/h4-5,9H,2-3H2,1H3. The minimum atomic E-state index is 0.320. The second-order valence-corrected chi connectivity index (χ2v) is 2.31. The molecule has 0 aromatic rings. The van der Waals surface area contributed by atoms with Crippen LogP contribution in [-0.4, -0.2) is 5.11 Å². The molecule has 1 rings (SSSR count). The van der Waals surface area contributed by atoms with Crippen LogP contribution in [0.25, 0.3) is 0 Å². The molecule has 0 aliphatic heterocycles. The quantitative estimate of drug-likeness (QED) is 0.522. The van der Waals surface area contributed by atoms with Crippen molar-refractivity contribution in [1.29, 1.82) is 0 Å². The molecule has 9 heavy (non-hydrogen) atoms. The van der Waals surface area contributed by atoms with Gasteiger partial charge in [0.05, 0.1) is 0 Å². The third-order valence-corrected chi connectivity index (χ3v) is 1.37. The second kappa shape index (κ2) is 2.09. The first-order valence-corrected chi connectivity index (χ1v) is 2.95. The van der Waals surface area contributed by atoms with Crippen molar-refractivity contribution in [2.75, 3.05) is 0 Å². The van der Waals surface area contributed by atoms with Gasteiger partial charge in [0.25, 0.3) is 0 Å². The molecule has 1 aliphatic rings. The van der Waals surface area contributed by atoms with Crippen molar-refractivity contribution in [3.8, 4) is 0 Å². The fourth-order valence-electron chi connectivity index (χ4n) is 0.819. The lowest BCUT2D eigenvalue weighted by Gasteiger charge is -2.06. The van der Waals surface area contributed by atoms with Gasteiger partial charge in [-0.1, -0.05) is 18.2 Å². The highest BCUT2D eigenvalue weighted by Gasteiger charge is 2.02. The number of hydrogen-bond donors (Lipinski definition) is 1. The molecule has 0 radical (unpaired) electrons. The molecule has 1 nitrogen and oxygen atoms in total. The Morgan fingerprint density at radius 2 is 2.33 bits per heavy atom. The molecule has 0 fully saturated rings. The van der Waals surface area contributed by atoms with E-state index in [0.717, 1.165) is 12.0 Å². The monoisotopic (exact) mass is 122 g/mol. The summed E-state index contributed by atoms with van der Waals surface area (Å²) in [7, 11) is 0. The summed E-state index contributed by atoms with van der Waals surface area (Å²) in [5.74, 6) is 0.320. The van der Waals surface area contributed by atoms with Crippen LogP contribution in [0.1, 0.15) is 13.3 Å². The maximum absolute atomic E-state index is 9.01. The highest BCUT2D eigenvalue weighted by atomic mass is 16.3. The summed E-state index contributed by atoms with van der Waals surface area (Å²) in [5, 5.41) is 9.01. The maximum Gasteiger partial charge on any atom is 0.118 e. The van der Waals surface area contributed by atoms with Crippen molar-refractivity contribution in [3.05, 3.63) is 35.6 Å². The Labute approximate surface area is 55.0 Å².